The molecule has 0 saturated heterocycles. The molecule has 0 N–H and O–H groups in total. The van der Waals surface area contributed by atoms with Gasteiger partial charge in [-0.15, -0.1) is 0 Å². The average Bonchev–Trinajstić information content (AvgIpc) is 4.33. The predicted molar refractivity (Wildman–Crippen MR) is 314 cm³/mol. The summed E-state index contributed by atoms with van der Waals surface area (Å²) in [7, 11) is 0. The van der Waals surface area contributed by atoms with Crippen molar-refractivity contribution in [1.82, 2.24) is 0 Å². The number of nitrogens with zero attached hydrogens (tertiary/aromatic N) is 1. The van der Waals surface area contributed by atoms with Crippen molar-refractivity contribution in [2.24, 2.45) is 0 Å². The van der Waals surface area contributed by atoms with Crippen molar-refractivity contribution in [3.8, 4) is 72.5 Å². The van der Waals surface area contributed by atoms with Gasteiger partial charge in [0.15, 0.2) is 0 Å². The van der Waals surface area contributed by atoms with E-state index < -0.39 is 5.41 Å². The Morgan fingerprint density at radius 1 is 0.408 bits per heavy atom. The lowest BCUT2D eigenvalue weighted by Crippen LogP contribution is -2.36. The predicted octanol–water partition coefficient (Wildman–Crippen LogP) is 18.6. The van der Waals surface area contributed by atoms with E-state index in [1.807, 2.05) is 0 Å². The zero-order valence-electron chi connectivity index (χ0n) is 42.3. The minimum atomic E-state index is -0.529. The van der Waals surface area contributed by atoms with Gasteiger partial charge >= 0.3 is 0 Å². The lowest BCUT2D eigenvalue weighted by Gasteiger charge is -2.37. The summed E-state index contributed by atoms with van der Waals surface area (Å²) in [5.41, 5.74) is 25.9. The van der Waals surface area contributed by atoms with Gasteiger partial charge < -0.3 is 9.64 Å². The Balaban J connectivity index is 1.02. The van der Waals surface area contributed by atoms with E-state index in [9.17, 15) is 0 Å². The number of para-hydroxylation sites is 1. The normalized spacial score (nSPS) is 16.9. The van der Waals surface area contributed by atoms with Crippen LogP contribution in [-0.4, -0.2) is 6.04 Å². The third-order valence-corrected chi connectivity index (χ3v) is 17.6. The minimum absolute atomic E-state index is 0.0294. The molecule has 2 nitrogen and oxygen atoms in total. The molecular weight excluding hydrogens is 919 g/mol. The third-order valence-electron chi connectivity index (χ3n) is 17.6. The summed E-state index contributed by atoms with van der Waals surface area (Å²) < 4.78 is 6.73. The SMILES string of the molecule is CC1(C)c2ccccc2-c2c3c(cc(-c4cc(-c5cccc6ccccc56)cc(N(c5ccc(-c6ccccc6)cc5)C5C=CC=C6Oc7ccccc7C65)c4)c21)C1(c2ccccc2-c2ccccc21)c1ccccc1-3. The first-order valence-electron chi connectivity index (χ1n) is 26.8. The van der Waals surface area contributed by atoms with E-state index in [0.717, 1.165) is 22.9 Å². The summed E-state index contributed by atoms with van der Waals surface area (Å²) in [5, 5.41) is 2.45. The van der Waals surface area contributed by atoms with Crippen LogP contribution in [0.1, 0.15) is 58.7 Å². The molecule has 2 heteroatoms. The van der Waals surface area contributed by atoms with E-state index >= 15 is 0 Å². The van der Waals surface area contributed by atoms with Crippen molar-refractivity contribution in [2.45, 2.75) is 36.6 Å². The highest BCUT2D eigenvalue weighted by atomic mass is 16.5. The van der Waals surface area contributed by atoms with Gasteiger partial charge in [0.2, 0.25) is 0 Å². The van der Waals surface area contributed by atoms with Crippen molar-refractivity contribution in [2.75, 3.05) is 4.90 Å². The molecular formula is C74H51NO. The molecule has 11 aromatic carbocycles. The maximum Gasteiger partial charge on any atom is 0.130 e. The molecule has 0 bridgehead atoms. The van der Waals surface area contributed by atoms with Crippen LogP contribution >= 0.6 is 0 Å². The van der Waals surface area contributed by atoms with E-state index in [1.165, 1.54) is 116 Å². The highest BCUT2D eigenvalue weighted by Crippen LogP contribution is 2.68. The number of allylic oxidation sites excluding steroid dienone is 2. The summed E-state index contributed by atoms with van der Waals surface area (Å²) in [4.78, 5) is 2.60. The topological polar surface area (TPSA) is 12.5 Å². The van der Waals surface area contributed by atoms with Crippen molar-refractivity contribution < 1.29 is 4.74 Å². The Bertz CT molecular complexity index is 4260. The Morgan fingerprint density at radius 2 is 0.974 bits per heavy atom. The van der Waals surface area contributed by atoms with Crippen LogP contribution in [0.2, 0.25) is 0 Å². The Kier molecular flexibility index (Phi) is 9.17. The molecule has 0 saturated carbocycles. The molecule has 1 heterocycles. The first-order chi connectivity index (χ1) is 37.5. The molecule has 5 aliphatic rings. The monoisotopic (exact) mass is 969 g/mol. The van der Waals surface area contributed by atoms with Crippen LogP contribution in [0.15, 0.2) is 267 Å². The third kappa shape index (κ3) is 5.93. The number of ether oxygens (including phenoxy) is 1. The number of fused-ring (bicyclic) bond motifs is 18. The van der Waals surface area contributed by atoms with Crippen LogP contribution in [-0.2, 0) is 10.8 Å². The zero-order valence-corrected chi connectivity index (χ0v) is 42.3. The highest BCUT2D eigenvalue weighted by Gasteiger charge is 2.54. The molecule has 0 amide bonds. The highest BCUT2D eigenvalue weighted by molar-refractivity contribution is 6.07. The molecule has 2 atom stereocenters. The van der Waals surface area contributed by atoms with Crippen LogP contribution < -0.4 is 9.64 Å². The van der Waals surface area contributed by atoms with Gasteiger partial charge in [-0.1, -0.05) is 226 Å². The smallest absolute Gasteiger partial charge is 0.130 e. The number of rotatable bonds is 6. The quantitative estimate of drug-likeness (QED) is 0.165. The van der Waals surface area contributed by atoms with E-state index in [2.05, 4.69) is 280 Å². The summed E-state index contributed by atoms with van der Waals surface area (Å²) in [5.74, 6) is 1.87. The van der Waals surface area contributed by atoms with Gasteiger partial charge in [0, 0.05) is 22.4 Å². The fourth-order valence-electron chi connectivity index (χ4n) is 14.5. The molecule has 0 fully saturated rings. The fraction of sp³-hybridized carbons (Fsp3) is 0.0811. The maximum absolute atomic E-state index is 6.73. The second-order valence-electron chi connectivity index (χ2n) is 21.8. The van der Waals surface area contributed by atoms with E-state index in [1.54, 1.807) is 0 Å². The van der Waals surface area contributed by atoms with Gasteiger partial charge in [0.05, 0.1) is 17.4 Å². The Labute approximate surface area is 444 Å². The van der Waals surface area contributed by atoms with Crippen LogP contribution in [0.3, 0.4) is 0 Å². The average molecular weight is 970 g/mol. The van der Waals surface area contributed by atoms with Gasteiger partial charge in [-0.2, -0.15) is 0 Å². The molecule has 11 aromatic rings. The van der Waals surface area contributed by atoms with E-state index in [4.69, 9.17) is 4.74 Å². The first-order valence-corrected chi connectivity index (χ1v) is 26.8. The van der Waals surface area contributed by atoms with Gasteiger partial charge in [0.25, 0.3) is 0 Å². The fourth-order valence-corrected chi connectivity index (χ4v) is 14.5. The van der Waals surface area contributed by atoms with Gasteiger partial charge in [-0.05, 0) is 159 Å². The number of hydrogen-bond donors (Lipinski definition) is 0. The van der Waals surface area contributed by atoms with Gasteiger partial charge in [-0.3, -0.25) is 0 Å². The molecule has 0 radical (unpaired) electrons. The second kappa shape index (κ2) is 16.1. The standard InChI is InChI=1S/C74H51NO/c1-73(2)61-31-13-10-27-57(61)71-69-58-28-11-16-34-64(58)74(62-32-14-8-25-55(62)56-26-9-15-33-63(56)74)65(69)45-60(72(71)73)50-42-49(54-30-18-23-48-22-6-7-24-53(48)54)43-52(44-50)75(51-40-38-47(39-41-51)46-20-4-3-5-21-46)66-35-19-37-68-70(66)59-29-12-17-36-67(59)76-68/h3-45,66,70H,1-2H3. The van der Waals surface area contributed by atoms with Gasteiger partial charge in [-0.25, -0.2) is 0 Å². The summed E-state index contributed by atoms with van der Waals surface area (Å²) in [6, 6.07) is 91.1. The molecule has 2 unspecified atom stereocenters. The first kappa shape index (κ1) is 43.2. The van der Waals surface area contributed by atoms with E-state index in [-0.39, 0.29) is 17.4 Å². The van der Waals surface area contributed by atoms with Gasteiger partial charge in [0.1, 0.15) is 11.5 Å². The van der Waals surface area contributed by atoms with Crippen molar-refractivity contribution in [3.05, 3.63) is 306 Å². The minimum Gasteiger partial charge on any atom is -0.461 e. The van der Waals surface area contributed by atoms with Crippen LogP contribution in [0, 0.1) is 0 Å². The maximum atomic E-state index is 6.73. The molecule has 0 aromatic heterocycles. The summed E-state index contributed by atoms with van der Waals surface area (Å²) >= 11 is 0. The molecule has 1 spiro atoms. The Hall–Kier alpha value is -9.24. The summed E-state index contributed by atoms with van der Waals surface area (Å²) in [6.45, 7) is 4.91. The largest absolute Gasteiger partial charge is 0.461 e. The number of anilines is 2. The van der Waals surface area contributed by atoms with Crippen molar-refractivity contribution in [3.63, 3.8) is 0 Å². The second-order valence-corrected chi connectivity index (χ2v) is 21.8. The van der Waals surface area contributed by atoms with Crippen LogP contribution in [0.4, 0.5) is 11.4 Å². The number of hydrogen-bond acceptors (Lipinski definition) is 2. The molecule has 76 heavy (non-hydrogen) atoms. The molecule has 4 aliphatic carbocycles. The summed E-state index contributed by atoms with van der Waals surface area (Å²) in [6.07, 6.45) is 6.75. The Morgan fingerprint density at radius 3 is 1.72 bits per heavy atom. The zero-order chi connectivity index (χ0) is 50.3. The van der Waals surface area contributed by atoms with Crippen LogP contribution in [0.5, 0.6) is 5.75 Å². The molecule has 16 rings (SSSR count). The molecule has 358 valence electrons. The molecule has 1 aliphatic heterocycles. The van der Waals surface area contributed by atoms with Crippen LogP contribution in [0.25, 0.3) is 77.5 Å². The lowest BCUT2D eigenvalue weighted by atomic mass is 9.69. The lowest BCUT2D eigenvalue weighted by molar-refractivity contribution is 0.415. The van der Waals surface area contributed by atoms with Crippen molar-refractivity contribution >= 4 is 22.1 Å². The number of benzene rings is 11. The van der Waals surface area contributed by atoms with E-state index in [0.29, 0.717) is 0 Å². The van der Waals surface area contributed by atoms with Crippen molar-refractivity contribution in [1.29, 1.82) is 0 Å².